The van der Waals surface area contributed by atoms with E-state index in [9.17, 15) is 58.2 Å². The quantitative estimate of drug-likeness (QED) is 0.0388. The molecule has 6 rings (SSSR count). The number of nitrogens with zero attached hydrogens (tertiary/aromatic N) is 2. The molecule has 21 nitrogen and oxygen atoms in total. The summed E-state index contributed by atoms with van der Waals surface area (Å²) in [6, 6.07) is 11.6. The van der Waals surface area contributed by atoms with Crippen LogP contribution in [0, 0.1) is 35.5 Å². The van der Waals surface area contributed by atoms with E-state index in [-0.39, 0.29) is 124 Å². The van der Waals surface area contributed by atoms with Crippen molar-refractivity contribution in [3.8, 4) is 23.7 Å². The molecule has 4 aliphatic heterocycles. The Hall–Kier alpha value is -7.30. The van der Waals surface area contributed by atoms with E-state index < -0.39 is 77.8 Å². The fraction of sp³-hybridized carbons (Fsp3) is 0.600. The number of aliphatic hydroxyl groups excluding tert-OH is 2. The summed E-state index contributed by atoms with van der Waals surface area (Å²) in [5, 5.41) is 40.7. The monoisotopic (exact) mass is 1190 g/mol. The number of amides is 7. The van der Waals surface area contributed by atoms with Crippen LogP contribution in [0.2, 0.25) is 0 Å². The molecule has 0 bridgehead atoms. The van der Waals surface area contributed by atoms with Crippen LogP contribution in [-0.2, 0) is 47.9 Å². The fourth-order valence-corrected chi connectivity index (χ4v) is 12.4. The molecule has 7 amide bonds. The number of ketones is 3. The Morgan fingerprint density at radius 1 is 0.581 bits per heavy atom. The number of aliphatic hydroxyl groups is 2. The summed E-state index contributed by atoms with van der Waals surface area (Å²) < 4.78 is 0. The lowest BCUT2D eigenvalue weighted by atomic mass is 9.89. The summed E-state index contributed by atoms with van der Waals surface area (Å²) in [4.78, 5) is 139. The van der Waals surface area contributed by atoms with Crippen LogP contribution in [0.3, 0.4) is 0 Å². The molecular formula is C65H89N9O12. The number of fused-ring (bicyclic) bond motifs is 2. The van der Waals surface area contributed by atoms with Gasteiger partial charge in [-0.2, -0.15) is 0 Å². The Bertz CT molecular complexity index is 2600. The van der Waals surface area contributed by atoms with E-state index in [0.717, 1.165) is 0 Å². The molecule has 0 spiro atoms. The summed E-state index contributed by atoms with van der Waals surface area (Å²) in [6.07, 6.45) is 6.68. The van der Waals surface area contributed by atoms with Crippen molar-refractivity contribution in [3.63, 3.8) is 0 Å². The Balaban J connectivity index is 0.891. The molecule has 2 aromatic rings. The number of carbonyl (C=O) groups is 10. The second-order valence-electron chi connectivity index (χ2n) is 22.9. The van der Waals surface area contributed by atoms with Gasteiger partial charge in [0.1, 0.15) is 30.0 Å². The van der Waals surface area contributed by atoms with Crippen LogP contribution in [0.25, 0.3) is 0 Å². The first-order chi connectivity index (χ1) is 41.6. The van der Waals surface area contributed by atoms with E-state index in [1.54, 1.807) is 78.5 Å². The number of nitrogens with one attached hydrogen (secondary N) is 7. The third-order valence-corrected chi connectivity index (χ3v) is 17.4. The first kappa shape index (κ1) is 67.8. The fourth-order valence-electron chi connectivity index (χ4n) is 12.4. The molecule has 12 atom stereocenters. The van der Waals surface area contributed by atoms with Crippen LogP contribution in [-0.4, -0.2) is 167 Å². The topological polar surface area (TPSA) is 302 Å². The molecule has 86 heavy (non-hydrogen) atoms. The standard InChI is InChI=1S/C65H89N9O12/c1-5-50(66-3)61(82)71-58-44(40-75)29-31-46-33-35-52(73(46)64(58)85)55(79)39-49(42-21-13-11-14-22-42)60(81)69-38-19-26-48(77)25-17-9-7-8-10-18-28-56(80)68-37-20-27-54(78)57(43-23-15-12-16-24-43)70-63(84)53-36-34-47-32-30-45(41-76)59(65(86)74(47)53)72-62(83)51(6-2)67-4/h11-16,21-24,44-47,49-53,57-59,66-67,75-76H,5-6,17-20,25-41H2,1-4H3,(H,68,80)(H,69,81)(H,70,84)(H,71,82)(H,72,83)/t44-,45-,46+,47+,49+,50+,51+,52+,53+,57+,58+,59+/m1/s1. The number of rotatable bonds is 31. The molecule has 466 valence electrons. The summed E-state index contributed by atoms with van der Waals surface area (Å²) in [6.45, 7) is 3.52. The Morgan fingerprint density at radius 2 is 1.07 bits per heavy atom. The number of hydrogen-bond donors (Lipinski definition) is 9. The van der Waals surface area contributed by atoms with E-state index in [1.165, 1.54) is 0 Å². The zero-order valence-electron chi connectivity index (χ0n) is 50.3. The predicted molar refractivity (Wildman–Crippen MR) is 322 cm³/mol. The number of likely N-dealkylation sites (N-methyl/N-ethyl adjacent to an activating group) is 2. The van der Waals surface area contributed by atoms with Gasteiger partial charge in [0.25, 0.3) is 0 Å². The Kier molecular flexibility index (Phi) is 27.4. The van der Waals surface area contributed by atoms with Gasteiger partial charge in [-0.1, -0.05) is 86.4 Å². The van der Waals surface area contributed by atoms with Crippen LogP contribution in [0.5, 0.6) is 0 Å². The minimum atomic E-state index is -1.01. The number of benzene rings is 2. The Labute approximate surface area is 505 Å². The molecule has 0 saturated carbocycles. The van der Waals surface area contributed by atoms with Gasteiger partial charge in [-0.3, -0.25) is 47.9 Å². The molecule has 0 aliphatic carbocycles. The molecule has 4 fully saturated rings. The predicted octanol–water partition coefficient (Wildman–Crippen LogP) is 2.57. The van der Waals surface area contributed by atoms with Gasteiger partial charge in [-0.05, 0) is 114 Å². The van der Waals surface area contributed by atoms with Crippen LogP contribution >= 0.6 is 0 Å². The molecule has 4 aliphatic rings. The normalized spacial score (nSPS) is 23.0. The van der Waals surface area contributed by atoms with Crippen molar-refractivity contribution in [2.24, 2.45) is 11.8 Å². The van der Waals surface area contributed by atoms with Gasteiger partial charge in [0.15, 0.2) is 11.6 Å². The highest BCUT2D eigenvalue weighted by Crippen LogP contribution is 2.37. The number of carbonyl (C=O) groups excluding carboxylic acids is 10. The SMILES string of the molecule is CC[C@H](NC)C(=O)N[C@@H]1C(=O)N2[C@@H](CC[C@@H]1CO)CC[C@H]2C(=O)C[C@H](C(=O)NCCCC(=O)CCC#CC#CCCC(=O)NCCCC(=O)[C@@H](NC(=O)[C@@H]1CC[C@@H]2CC[C@H](CO)[C@H](NC(=O)[C@H](CC)NC)C(=O)N21)c1ccccc1)c1ccccc1. The third kappa shape index (κ3) is 18.6. The highest BCUT2D eigenvalue weighted by molar-refractivity contribution is 5.98. The number of hydrogen-bond acceptors (Lipinski definition) is 14. The van der Waals surface area contributed by atoms with Gasteiger partial charge < -0.3 is 57.2 Å². The van der Waals surface area contributed by atoms with Crippen molar-refractivity contribution in [1.29, 1.82) is 0 Å². The molecular weight excluding hydrogens is 1100 g/mol. The molecule has 9 N–H and O–H groups in total. The van der Waals surface area contributed by atoms with Gasteiger partial charge >= 0.3 is 0 Å². The van der Waals surface area contributed by atoms with Crippen molar-refractivity contribution in [2.75, 3.05) is 40.4 Å². The molecule has 4 heterocycles. The largest absolute Gasteiger partial charge is 0.396 e. The second-order valence-corrected chi connectivity index (χ2v) is 22.9. The molecule has 0 radical (unpaired) electrons. The van der Waals surface area contributed by atoms with Crippen molar-refractivity contribution in [3.05, 3.63) is 71.8 Å². The number of Topliss-reactive ketones (excluding diaryl/α,β-unsaturated/α-hetero) is 3. The average Bonchev–Trinajstić information content (AvgIpc) is 1.93. The van der Waals surface area contributed by atoms with Crippen LogP contribution in [0.15, 0.2) is 60.7 Å². The zero-order chi connectivity index (χ0) is 62.1. The van der Waals surface area contributed by atoms with E-state index in [4.69, 9.17) is 0 Å². The first-order valence-electron chi connectivity index (χ1n) is 30.9. The van der Waals surface area contributed by atoms with Crippen molar-refractivity contribution in [1.82, 2.24) is 47.0 Å². The third-order valence-electron chi connectivity index (χ3n) is 17.4. The lowest BCUT2D eigenvalue weighted by Crippen LogP contribution is -2.58. The molecule has 4 saturated heterocycles. The minimum absolute atomic E-state index is 0.0409. The second kappa shape index (κ2) is 34.7. The van der Waals surface area contributed by atoms with E-state index >= 15 is 0 Å². The highest BCUT2D eigenvalue weighted by Gasteiger charge is 2.50. The molecule has 2 aromatic carbocycles. The lowest BCUT2D eigenvalue weighted by molar-refractivity contribution is -0.144. The van der Waals surface area contributed by atoms with Gasteiger partial charge in [0.05, 0.1) is 24.0 Å². The van der Waals surface area contributed by atoms with E-state index in [0.29, 0.717) is 88.2 Å². The maximum absolute atomic E-state index is 14.2. The molecule has 21 heteroatoms. The molecule has 0 unspecified atom stereocenters. The van der Waals surface area contributed by atoms with Gasteiger partial charge in [-0.25, -0.2) is 0 Å². The maximum Gasteiger partial charge on any atom is 0.246 e. The van der Waals surface area contributed by atoms with Gasteiger partial charge in [0, 0.05) is 95.2 Å². The smallest absolute Gasteiger partial charge is 0.246 e. The van der Waals surface area contributed by atoms with Crippen LogP contribution < -0.4 is 37.2 Å². The molecule has 0 aromatic heterocycles. The summed E-state index contributed by atoms with van der Waals surface area (Å²) in [7, 11) is 3.32. The van der Waals surface area contributed by atoms with Crippen LogP contribution in [0.4, 0.5) is 0 Å². The lowest BCUT2D eigenvalue weighted by Gasteiger charge is -2.33. The van der Waals surface area contributed by atoms with Crippen molar-refractivity contribution >= 4 is 58.7 Å². The maximum atomic E-state index is 14.2. The van der Waals surface area contributed by atoms with Crippen LogP contribution in [0.1, 0.15) is 159 Å². The van der Waals surface area contributed by atoms with E-state index in [2.05, 4.69) is 60.9 Å². The average molecular weight is 1190 g/mol. The van der Waals surface area contributed by atoms with Crippen molar-refractivity contribution in [2.45, 2.75) is 196 Å². The Morgan fingerprint density at radius 3 is 1.60 bits per heavy atom. The van der Waals surface area contributed by atoms with E-state index in [1.807, 2.05) is 19.9 Å². The minimum Gasteiger partial charge on any atom is -0.396 e. The summed E-state index contributed by atoms with van der Waals surface area (Å²) in [5.74, 6) is 6.09. The first-order valence-corrected chi connectivity index (χ1v) is 30.9. The summed E-state index contributed by atoms with van der Waals surface area (Å²) >= 11 is 0. The zero-order valence-corrected chi connectivity index (χ0v) is 50.3. The summed E-state index contributed by atoms with van der Waals surface area (Å²) in [5.41, 5.74) is 1.22. The van der Waals surface area contributed by atoms with Crippen molar-refractivity contribution < 1.29 is 58.2 Å². The highest BCUT2D eigenvalue weighted by atomic mass is 16.3. The van der Waals surface area contributed by atoms with Gasteiger partial charge in [0.2, 0.25) is 41.4 Å². The van der Waals surface area contributed by atoms with Gasteiger partial charge in [-0.15, -0.1) is 0 Å².